The summed E-state index contributed by atoms with van der Waals surface area (Å²) < 4.78 is 36.5. The first kappa shape index (κ1) is 32.3. The number of hydrogen-bond donors (Lipinski definition) is 1. The second-order valence-electron chi connectivity index (χ2n) is 13.0. The summed E-state index contributed by atoms with van der Waals surface area (Å²) in [7, 11) is 3.36. The van der Waals surface area contributed by atoms with Crippen molar-refractivity contribution in [1.82, 2.24) is 0 Å². The molecule has 3 bridgehead atoms. The fourth-order valence-electron chi connectivity index (χ4n) is 6.78. The van der Waals surface area contributed by atoms with E-state index in [1.165, 1.54) is 13.0 Å². The molecular weight excluding hydrogens is 540 g/mol. The highest BCUT2D eigenvalue weighted by Gasteiger charge is 2.60. The first-order valence-corrected chi connectivity index (χ1v) is 15.1. The van der Waals surface area contributed by atoms with Crippen LogP contribution in [0.3, 0.4) is 0 Å². The van der Waals surface area contributed by atoms with Gasteiger partial charge in [0.1, 0.15) is 23.7 Å². The number of cyclic esters (lactones) is 1. The lowest BCUT2D eigenvalue weighted by atomic mass is 9.68. The van der Waals surface area contributed by atoms with Gasteiger partial charge in [-0.3, -0.25) is 4.79 Å². The third-order valence-electron chi connectivity index (χ3n) is 9.43. The minimum atomic E-state index is -1.11. The Labute approximate surface area is 249 Å². The van der Waals surface area contributed by atoms with E-state index in [2.05, 4.69) is 27.7 Å². The third-order valence-corrected chi connectivity index (χ3v) is 9.43. The fraction of sp³-hybridized carbons (Fsp3) is 0.697. The number of hydrogen-bond acceptors (Lipinski definition) is 9. The average Bonchev–Trinajstić information content (AvgIpc) is 2.92. The van der Waals surface area contributed by atoms with Gasteiger partial charge < -0.3 is 33.5 Å². The van der Waals surface area contributed by atoms with Gasteiger partial charge in [-0.05, 0) is 49.8 Å². The van der Waals surface area contributed by atoms with Gasteiger partial charge in [-0.15, -0.1) is 0 Å². The Morgan fingerprint density at radius 3 is 2.48 bits per heavy atom. The summed E-state index contributed by atoms with van der Waals surface area (Å²) in [5.41, 5.74) is 0.595. The van der Waals surface area contributed by atoms with Crippen LogP contribution in [0.25, 0.3) is 0 Å². The minimum absolute atomic E-state index is 0.0590. The average molecular weight is 589 g/mol. The van der Waals surface area contributed by atoms with Crippen molar-refractivity contribution in [3.05, 3.63) is 41.7 Å². The van der Waals surface area contributed by atoms with E-state index in [0.29, 0.717) is 18.6 Å². The molecule has 42 heavy (non-hydrogen) atoms. The monoisotopic (exact) mass is 588 g/mol. The Hall–Kier alpha value is -2.62. The van der Waals surface area contributed by atoms with Gasteiger partial charge in [0.25, 0.3) is 0 Å². The predicted octanol–water partition coefficient (Wildman–Crippen LogP) is 5.49. The van der Waals surface area contributed by atoms with Crippen molar-refractivity contribution in [3.63, 3.8) is 0 Å². The number of rotatable bonds is 8. The lowest BCUT2D eigenvalue weighted by Gasteiger charge is -2.58. The van der Waals surface area contributed by atoms with Crippen molar-refractivity contribution in [3.8, 4) is 5.75 Å². The molecule has 0 aromatic heterocycles. The van der Waals surface area contributed by atoms with Crippen molar-refractivity contribution >= 4 is 11.9 Å². The van der Waals surface area contributed by atoms with Gasteiger partial charge in [-0.1, -0.05) is 46.8 Å². The molecule has 3 aliphatic heterocycles. The molecule has 2 saturated heterocycles. The van der Waals surface area contributed by atoms with E-state index in [1.54, 1.807) is 14.2 Å². The first-order valence-electron chi connectivity index (χ1n) is 15.1. The van der Waals surface area contributed by atoms with E-state index in [0.717, 1.165) is 24.2 Å². The quantitative estimate of drug-likeness (QED) is 0.394. The molecule has 0 amide bonds. The van der Waals surface area contributed by atoms with Crippen LogP contribution in [0.1, 0.15) is 85.3 Å². The number of benzene rings is 1. The Balaban J connectivity index is 1.64. The molecule has 2 fully saturated rings. The van der Waals surface area contributed by atoms with E-state index in [9.17, 15) is 14.7 Å². The molecule has 3 heterocycles. The highest BCUT2D eigenvalue weighted by atomic mass is 16.7. The molecule has 0 aliphatic carbocycles. The van der Waals surface area contributed by atoms with E-state index in [4.69, 9.17) is 28.4 Å². The van der Waals surface area contributed by atoms with Crippen LogP contribution in [0.5, 0.6) is 5.75 Å². The highest BCUT2D eigenvalue weighted by molar-refractivity contribution is 5.83. The standard InChI is InChI=1S/C33H48O9/c1-19(12-13-25(38-8)23-10-9-11-24(14-23)37-7)31-21(3)28-18-33(42-31)32(5,6)17-20(2)26(41-33)15-29(35)39-27(22(4)34)16-30(36)40-28/h9-11,14-15,19-22,25,27-28,31,34H,12-13,16-18H2,1-8H3/b26-15-/t19-,20-,21-,22+,25-,27+,28-,31?,33+/m0/s1. The van der Waals surface area contributed by atoms with Crippen LogP contribution < -0.4 is 4.74 Å². The van der Waals surface area contributed by atoms with Crippen molar-refractivity contribution in [2.75, 3.05) is 14.2 Å². The lowest BCUT2D eigenvalue weighted by Crippen LogP contribution is -2.63. The Bertz CT molecular complexity index is 1140. The van der Waals surface area contributed by atoms with Gasteiger partial charge in [-0.2, -0.15) is 0 Å². The fourth-order valence-corrected chi connectivity index (χ4v) is 6.78. The van der Waals surface area contributed by atoms with Gasteiger partial charge in [0.05, 0.1) is 44.3 Å². The Kier molecular flexibility index (Phi) is 9.95. The van der Waals surface area contributed by atoms with Gasteiger partial charge >= 0.3 is 11.9 Å². The third kappa shape index (κ3) is 6.79. The predicted molar refractivity (Wildman–Crippen MR) is 155 cm³/mol. The maximum absolute atomic E-state index is 13.1. The molecule has 234 valence electrons. The molecule has 1 N–H and O–H groups in total. The van der Waals surface area contributed by atoms with Crippen molar-refractivity contribution < 1.29 is 43.1 Å². The zero-order valence-corrected chi connectivity index (χ0v) is 26.3. The number of aliphatic hydroxyl groups is 1. The second-order valence-corrected chi connectivity index (χ2v) is 13.0. The van der Waals surface area contributed by atoms with E-state index < -0.39 is 41.5 Å². The van der Waals surface area contributed by atoms with Crippen LogP contribution in [-0.4, -0.2) is 61.5 Å². The first-order chi connectivity index (χ1) is 19.8. The van der Waals surface area contributed by atoms with E-state index >= 15 is 0 Å². The van der Waals surface area contributed by atoms with E-state index in [-0.39, 0.29) is 36.4 Å². The zero-order valence-electron chi connectivity index (χ0n) is 26.3. The van der Waals surface area contributed by atoms with Crippen LogP contribution in [0, 0.1) is 23.2 Å². The summed E-state index contributed by atoms with van der Waals surface area (Å²) in [6, 6.07) is 7.90. The molecule has 4 rings (SSSR count). The molecule has 0 radical (unpaired) electrons. The number of allylic oxidation sites excluding steroid dienone is 1. The number of aliphatic hydroxyl groups excluding tert-OH is 1. The maximum atomic E-state index is 13.1. The molecule has 0 saturated carbocycles. The largest absolute Gasteiger partial charge is 0.497 e. The number of fused-ring (bicyclic) bond motifs is 2. The molecule has 1 aromatic carbocycles. The number of carbonyl (C=O) groups is 2. The van der Waals surface area contributed by atoms with Crippen molar-refractivity contribution in [1.29, 1.82) is 0 Å². The van der Waals surface area contributed by atoms with Crippen LogP contribution >= 0.6 is 0 Å². The molecule has 1 unspecified atom stereocenters. The number of methoxy groups -OCH3 is 2. The SMILES string of the molecule is COc1cccc([C@H](CC[C@H](C)C2O[C@@]34C[C@H](OC(=O)C[C@H]([C@@H](C)O)OC(=O)/C=C(\O3)[C@@H](C)CC4(C)C)[C@@H]2C)OC)c1. The Morgan fingerprint density at radius 1 is 1.07 bits per heavy atom. The molecule has 1 spiro atoms. The van der Waals surface area contributed by atoms with Crippen molar-refractivity contribution in [2.45, 2.75) is 110 Å². The number of esters is 2. The summed E-state index contributed by atoms with van der Waals surface area (Å²) >= 11 is 0. The topological polar surface area (TPSA) is 110 Å². The summed E-state index contributed by atoms with van der Waals surface area (Å²) in [4.78, 5) is 26.0. The van der Waals surface area contributed by atoms with Crippen LogP contribution in [0.15, 0.2) is 36.1 Å². The molecular formula is C33H48O9. The summed E-state index contributed by atoms with van der Waals surface area (Å²) in [5.74, 6) is -1.17. The van der Waals surface area contributed by atoms with Crippen molar-refractivity contribution in [2.24, 2.45) is 23.2 Å². The van der Waals surface area contributed by atoms with Gasteiger partial charge in [-0.25, -0.2) is 4.79 Å². The lowest BCUT2D eigenvalue weighted by molar-refractivity contribution is -0.361. The summed E-state index contributed by atoms with van der Waals surface area (Å²) in [5, 5.41) is 10.2. The molecule has 9 nitrogen and oxygen atoms in total. The van der Waals surface area contributed by atoms with Crippen LogP contribution in [0.2, 0.25) is 0 Å². The highest BCUT2D eigenvalue weighted by Crippen LogP contribution is 2.55. The number of carbonyl (C=O) groups excluding carboxylic acids is 2. The summed E-state index contributed by atoms with van der Waals surface area (Å²) in [6.45, 7) is 11.9. The smallest absolute Gasteiger partial charge is 0.334 e. The summed E-state index contributed by atoms with van der Waals surface area (Å²) in [6.07, 6.45) is 0.713. The normalized spacial score (nSPS) is 34.6. The van der Waals surface area contributed by atoms with Gasteiger partial charge in [0.15, 0.2) is 0 Å². The Morgan fingerprint density at radius 2 is 1.81 bits per heavy atom. The molecule has 3 aliphatic rings. The van der Waals surface area contributed by atoms with E-state index in [1.807, 2.05) is 31.2 Å². The van der Waals surface area contributed by atoms with Gasteiger partial charge in [0.2, 0.25) is 5.79 Å². The second kappa shape index (κ2) is 12.9. The van der Waals surface area contributed by atoms with Crippen LogP contribution in [0.4, 0.5) is 0 Å². The zero-order chi connectivity index (χ0) is 30.8. The minimum Gasteiger partial charge on any atom is -0.497 e. The van der Waals surface area contributed by atoms with Crippen LogP contribution in [-0.2, 0) is 33.3 Å². The van der Waals surface area contributed by atoms with Gasteiger partial charge in [0, 0.05) is 24.4 Å². The molecule has 9 heteroatoms. The molecule has 1 aromatic rings. The molecule has 9 atom stereocenters. The number of ether oxygens (including phenoxy) is 6. The maximum Gasteiger partial charge on any atom is 0.334 e.